The van der Waals surface area contributed by atoms with Crippen LogP contribution in [0, 0.1) is 11.3 Å². The van der Waals surface area contributed by atoms with E-state index in [2.05, 4.69) is 26.8 Å². The smallest absolute Gasteiger partial charge is 0.101 e. The third kappa shape index (κ3) is 2.00. The first-order valence-electron chi connectivity index (χ1n) is 4.25. The molecule has 2 N–H and O–H groups in total. The van der Waals surface area contributed by atoms with E-state index in [0.717, 1.165) is 5.56 Å². The van der Waals surface area contributed by atoms with Gasteiger partial charge in [-0.2, -0.15) is 5.26 Å². The van der Waals surface area contributed by atoms with Crippen LogP contribution in [0.15, 0.2) is 18.2 Å². The van der Waals surface area contributed by atoms with Gasteiger partial charge in [0.1, 0.15) is 6.07 Å². The lowest BCUT2D eigenvalue weighted by atomic mass is 9.86. The topological polar surface area (TPSA) is 49.8 Å². The first-order chi connectivity index (χ1) is 5.95. The van der Waals surface area contributed by atoms with E-state index >= 15 is 0 Å². The molecular formula is C11H14N2. The second kappa shape index (κ2) is 3.10. The Morgan fingerprint density at radius 3 is 2.38 bits per heavy atom. The van der Waals surface area contributed by atoms with Crippen molar-refractivity contribution < 1.29 is 0 Å². The van der Waals surface area contributed by atoms with Crippen LogP contribution in [0.2, 0.25) is 0 Å². The van der Waals surface area contributed by atoms with Gasteiger partial charge < -0.3 is 5.73 Å². The molecule has 0 saturated heterocycles. The average molecular weight is 174 g/mol. The van der Waals surface area contributed by atoms with Crippen molar-refractivity contribution in [3.05, 3.63) is 29.3 Å². The molecule has 1 aromatic rings. The lowest BCUT2D eigenvalue weighted by Crippen LogP contribution is -2.11. The molecule has 0 aromatic heterocycles. The summed E-state index contributed by atoms with van der Waals surface area (Å²) in [6.07, 6.45) is 0. The van der Waals surface area contributed by atoms with E-state index < -0.39 is 0 Å². The quantitative estimate of drug-likeness (QED) is 0.614. The van der Waals surface area contributed by atoms with Crippen LogP contribution in [0.1, 0.15) is 31.9 Å². The van der Waals surface area contributed by atoms with Crippen LogP contribution < -0.4 is 5.73 Å². The number of rotatable bonds is 0. The fourth-order valence-electron chi connectivity index (χ4n) is 1.12. The summed E-state index contributed by atoms with van der Waals surface area (Å²) in [5.41, 5.74) is 7.94. The molecular weight excluding hydrogens is 160 g/mol. The first-order valence-corrected chi connectivity index (χ1v) is 4.25. The van der Waals surface area contributed by atoms with Crippen LogP contribution >= 0.6 is 0 Å². The molecule has 0 heterocycles. The van der Waals surface area contributed by atoms with E-state index in [9.17, 15) is 0 Å². The summed E-state index contributed by atoms with van der Waals surface area (Å²) in [4.78, 5) is 0. The van der Waals surface area contributed by atoms with Gasteiger partial charge in [0.15, 0.2) is 0 Å². The zero-order valence-electron chi connectivity index (χ0n) is 8.26. The van der Waals surface area contributed by atoms with Gasteiger partial charge in [-0.3, -0.25) is 0 Å². The van der Waals surface area contributed by atoms with Crippen molar-refractivity contribution in [1.29, 1.82) is 5.26 Å². The van der Waals surface area contributed by atoms with E-state index in [1.54, 1.807) is 6.07 Å². The Hall–Kier alpha value is -1.49. The summed E-state index contributed by atoms with van der Waals surface area (Å²) in [5, 5.41) is 8.78. The normalized spacial score (nSPS) is 10.9. The van der Waals surface area contributed by atoms with Gasteiger partial charge in [0.05, 0.1) is 5.56 Å². The van der Waals surface area contributed by atoms with Crippen LogP contribution in [-0.4, -0.2) is 0 Å². The van der Waals surface area contributed by atoms with Crippen LogP contribution in [0.25, 0.3) is 0 Å². The van der Waals surface area contributed by atoms with Crippen molar-refractivity contribution in [3.8, 4) is 6.07 Å². The Kier molecular flexibility index (Phi) is 2.29. The lowest BCUT2D eigenvalue weighted by molar-refractivity contribution is 0.590. The molecule has 0 saturated carbocycles. The number of hydrogen-bond acceptors (Lipinski definition) is 2. The molecule has 0 fully saturated rings. The van der Waals surface area contributed by atoms with Gasteiger partial charge in [-0.05, 0) is 23.1 Å². The van der Waals surface area contributed by atoms with Crippen molar-refractivity contribution in [1.82, 2.24) is 0 Å². The molecule has 1 aromatic carbocycles. The minimum atomic E-state index is 0.0687. The summed E-state index contributed by atoms with van der Waals surface area (Å²) in [7, 11) is 0. The number of nitriles is 1. The third-order valence-corrected chi connectivity index (χ3v) is 2.04. The highest BCUT2D eigenvalue weighted by molar-refractivity contribution is 5.55. The maximum Gasteiger partial charge on any atom is 0.101 e. The molecule has 0 bridgehead atoms. The number of nitrogens with zero attached hydrogens (tertiary/aromatic N) is 1. The number of anilines is 1. The molecule has 1 rings (SSSR count). The summed E-state index contributed by atoms with van der Waals surface area (Å²) >= 11 is 0. The van der Waals surface area contributed by atoms with E-state index in [1.807, 2.05) is 12.1 Å². The van der Waals surface area contributed by atoms with E-state index in [-0.39, 0.29) is 5.41 Å². The van der Waals surface area contributed by atoms with Gasteiger partial charge in [-0.15, -0.1) is 0 Å². The second-order valence-electron chi connectivity index (χ2n) is 4.16. The molecule has 0 aliphatic heterocycles. The maximum absolute atomic E-state index is 8.78. The van der Waals surface area contributed by atoms with Crippen LogP contribution in [0.3, 0.4) is 0 Å². The molecule has 13 heavy (non-hydrogen) atoms. The first kappa shape index (κ1) is 9.60. The highest BCUT2D eigenvalue weighted by atomic mass is 14.6. The Balaban J connectivity index is 3.24. The van der Waals surface area contributed by atoms with Crippen LogP contribution in [-0.2, 0) is 5.41 Å². The Bertz CT molecular complexity index is 353. The summed E-state index contributed by atoms with van der Waals surface area (Å²) in [6.45, 7) is 6.33. The van der Waals surface area contributed by atoms with E-state index in [0.29, 0.717) is 11.3 Å². The number of nitrogen functional groups attached to an aromatic ring is 1. The average Bonchev–Trinajstić information content (AvgIpc) is 2.03. The highest BCUT2D eigenvalue weighted by Crippen LogP contribution is 2.24. The van der Waals surface area contributed by atoms with Gasteiger partial charge >= 0.3 is 0 Å². The van der Waals surface area contributed by atoms with Crippen molar-refractivity contribution in [3.63, 3.8) is 0 Å². The largest absolute Gasteiger partial charge is 0.398 e. The molecule has 0 radical (unpaired) electrons. The minimum absolute atomic E-state index is 0.0687. The van der Waals surface area contributed by atoms with Crippen molar-refractivity contribution in [2.75, 3.05) is 5.73 Å². The summed E-state index contributed by atoms with van der Waals surface area (Å²) < 4.78 is 0. The molecule has 68 valence electrons. The van der Waals surface area contributed by atoms with Gasteiger partial charge in [0, 0.05) is 5.69 Å². The predicted octanol–water partition coefficient (Wildman–Crippen LogP) is 2.44. The lowest BCUT2D eigenvalue weighted by Gasteiger charge is -2.19. The van der Waals surface area contributed by atoms with Crippen molar-refractivity contribution >= 4 is 5.69 Å². The van der Waals surface area contributed by atoms with Gasteiger partial charge in [0.25, 0.3) is 0 Å². The Labute approximate surface area is 79.0 Å². The molecule has 0 amide bonds. The minimum Gasteiger partial charge on any atom is -0.398 e. The molecule has 0 aliphatic rings. The summed E-state index contributed by atoms with van der Waals surface area (Å²) in [6, 6.07) is 7.70. The fourth-order valence-corrected chi connectivity index (χ4v) is 1.12. The molecule has 0 atom stereocenters. The molecule has 0 aliphatic carbocycles. The van der Waals surface area contributed by atoms with Gasteiger partial charge in [-0.25, -0.2) is 0 Å². The maximum atomic E-state index is 8.78. The number of hydrogen-bond donors (Lipinski definition) is 1. The fraction of sp³-hybridized carbons (Fsp3) is 0.364. The Morgan fingerprint density at radius 1 is 1.31 bits per heavy atom. The van der Waals surface area contributed by atoms with Gasteiger partial charge in [0.2, 0.25) is 0 Å². The zero-order chi connectivity index (χ0) is 10.1. The molecule has 0 unspecified atom stereocenters. The number of benzene rings is 1. The monoisotopic (exact) mass is 174 g/mol. The Morgan fingerprint density at radius 2 is 1.92 bits per heavy atom. The van der Waals surface area contributed by atoms with Crippen molar-refractivity contribution in [2.24, 2.45) is 0 Å². The predicted molar refractivity (Wildman–Crippen MR) is 54.3 cm³/mol. The van der Waals surface area contributed by atoms with E-state index in [1.165, 1.54) is 0 Å². The van der Waals surface area contributed by atoms with Crippen molar-refractivity contribution in [2.45, 2.75) is 26.2 Å². The zero-order valence-corrected chi connectivity index (χ0v) is 8.26. The van der Waals surface area contributed by atoms with Crippen LogP contribution in [0.5, 0.6) is 0 Å². The molecule has 2 heteroatoms. The summed E-state index contributed by atoms with van der Waals surface area (Å²) in [5.74, 6) is 0. The highest BCUT2D eigenvalue weighted by Gasteiger charge is 2.14. The van der Waals surface area contributed by atoms with E-state index in [4.69, 9.17) is 11.0 Å². The van der Waals surface area contributed by atoms with Gasteiger partial charge in [-0.1, -0.05) is 26.8 Å². The molecule has 0 spiro atoms. The third-order valence-electron chi connectivity index (χ3n) is 2.04. The standard InChI is InChI=1S/C11H14N2/c1-11(2,3)9-4-5-10(13)8(6-9)7-12/h4-6H,13H2,1-3H3. The van der Waals surface area contributed by atoms with Crippen LogP contribution in [0.4, 0.5) is 5.69 Å². The second-order valence-corrected chi connectivity index (χ2v) is 4.16. The SMILES string of the molecule is CC(C)(C)c1ccc(N)c(C#N)c1. The molecule has 2 nitrogen and oxygen atoms in total. The number of nitrogens with two attached hydrogens (primary N) is 1.